The van der Waals surface area contributed by atoms with Crippen LogP contribution >= 0.6 is 0 Å². The Hall–Kier alpha value is -1.88. The van der Waals surface area contributed by atoms with E-state index in [9.17, 15) is 5.11 Å². The van der Waals surface area contributed by atoms with Crippen LogP contribution in [0.4, 0.5) is 0 Å². The number of para-hydroxylation sites is 1. The number of hydrogen-bond donors (Lipinski definition) is 1. The smallest absolute Gasteiger partial charge is 0.141 e. The third-order valence-corrected chi connectivity index (χ3v) is 5.64. The molecule has 1 saturated heterocycles. The van der Waals surface area contributed by atoms with Crippen molar-refractivity contribution in [3.8, 4) is 5.75 Å². The molecule has 1 aliphatic heterocycles. The molecule has 0 aliphatic carbocycles. The van der Waals surface area contributed by atoms with Crippen LogP contribution in [0, 0.1) is 0 Å². The summed E-state index contributed by atoms with van der Waals surface area (Å²) in [7, 11) is 0. The highest BCUT2D eigenvalue weighted by Crippen LogP contribution is 2.36. The van der Waals surface area contributed by atoms with Gasteiger partial charge in [-0.25, -0.2) is 0 Å². The first-order valence-electron chi connectivity index (χ1n) is 11.1. The van der Waals surface area contributed by atoms with Gasteiger partial charge >= 0.3 is 0 Å². The van der Waals surface area contributed by atoms with Crippen LogP contribution in [0.5, 0.6) is 5.75 Å². The average molecular weight is 397 g/mol. The highest BCUT2D eigenvalue weighted by Gasteiger charge is 2.35. The lowest BCUT2D eigenvalue weighted by molar-refractivity contribution is -0.0163. The van der Waals surface area contributed by atoms with E-state index in [-0.39, 0.29) is 12.3 Å². The minimum Gasteiger partial charge on any atom is -0.508 e. The van der Waals surface area contributed by atoms with E-state index in [4.69, 9.17) is 4.74 Å². The Bertz CT molecular complexity index is 714. The predicted molar refractivity (Wildman–Crippen MR) is 119 cm³/mol. The van der Waals surface area contributed by atoms with Crippen LogP contribution in [0.25, 0.3) is 0 Å². The SMILES string of the molecule is CCCCN(CCCC)CC1CN(Cc2ccccc2)C(c2ccccc2O)O1. The summed E-state index contributed by atoms with van der Waals surface area (Å²) in [5, 5.41) is 10.4. The normalized spacial score (nSPS) is 19.8. The molecular weight excluding hydrogens is 360 g/mol. The molecule has 2 aromatic carbocycles. The highest BCUT2D eigenvalue weighted by molar-refractivity contribution is 5.34. The molecule has 2 atom stereocenters. The second-order valence-corrected chi connectivity index (χ2v) is 8.09. The van der Waals surface area contributed by atoms with Crippen LogP contribution in [-0.4, -0.2) is 47.2 Å². The number of nitrogens with zero attached hydrogens (tertiary/aromatic N) is 2. The van der Waals surface area contributed by atoms with Gasteiger partial charge in [-0.1, -0.05) is 75.2 Å². The number of aromatic hydroxyl groups is 1. The summed E-state index contributed by atoms with van der Waals surface area (Å²) >= 11 is 0. The summed E-state index contributed by atoms with van der Waals surface area (Å²) in [4.78, 5) is 4.92. The molecule has 4 nitrogen and oxygen atoms in total. The number of benzene rings is 2. The predicted octanol–water partition coefficient (Wildman–Crippen LogP) is 5.19. The molecule has 158 valence electrons. The standard InChI is InChI=1S/C25H36N2O2/c1-3-5-16-26(17-6-4-2)19-22-20-27(18-21-12-8-7-9-13-21)25(29-22)23-14-10-11-15-24(23)28/h7-15,22,25,28H,3-6,16-20H2,1-2H3. The quantitative estimate of drug-likeness (QED) is 0.567. The van der Waals surface area contributed by atoms with E-state index >= 15 is 0 Å². The second-order valence-electron chi connectivity index (χ2n) is 8.09. The number of ether oxygens (including phenoxy) is 1. The van der Waals surface area contributed by atoms with Crippen molar-refractivity contribution in [2.24, 2.45) is 0 Å². The lowest BCUT2D eigenvalue weighted by Gasteiger charge is -2.25. The molecule has 4 heteroatoms. The topological polar surface area (TPSA) is 35.9 Å². The summed E-state index contributed by atoms with van der Waals surface area (Å²) in [6, 6.07) is 18.1. The van der Waals surface area contributed by atoms with Crippen LogP contribution in [0.1, 0.15) is 56.9 Å². The molecule has 2 unspecified atom stereocenters. The van der Waals surface area contributed by atoms with Gasteiger partial charge in [0.2, 0.25) is 0 Å². The zero-order valence-electron chi connectivity index (χ0n) is 18.0. The Morgan fingerprint density at radius 3 is 2.28 bits per heavy atom. The first-order chi connectivity index (χ1) is 14.2. The Morgan fingerprint density at radius 1 is 0.966 bits per heavy atom. The number of rotatable bonds is 11. The molecule has 2 aromatic rings. The Kier molecular flexibility index (Phi) is 8.53. The zero-order chi connectivity index (χ0) is 20.5. The van der Waals surface area contributed by atoms with E-state index in [2.05, 4.69) is 47.9 Å². The van der Waals surface area contributed by atoms with E-state index in [0.29, 0.717) is 5.75 Å². The van der Waals surface area contributed by atoms with Gasteiger partial charge in [-0.2, -0.15) is 0 Å². The van der Waals surface area contributed by atoms with Gasteiger partial charge in [0.25, 0.3) is 0 Å². The van der Waals surface area contributed by atoms with Gasteiger partial charge in [-0.15, -0.1) is 0 Å². The van der Waals surface area contributed by atoms with Crippen LogP contribution in [-0.2, 0) is 11.3 Å². The first kappa shape index (κ1) is 21.8. The van der Waals surface area contributed by atoms with Gasteiger partial charge in [0.15, 0.2) is 0 Å². The van der Waals surface area contributed by atoms with Gasteiger partial charge in [0.1, 0.15) is 12.0 Å². The maximum Gasteiger partial charge on any atom is 0.141 e. The number of phenolic OH excluding ortho intramolecular Hbond substituents is 1. The largest absolute Gasteiger partial charge is 0.508 e. The fourth-order valence-electron chi connectivity index (χ4n) is 4.05. The molecule has 0 saturated carbocycles. The minimum atomic E-state index is -0.208. The molecule has 0 radical (unpaired) electrons. The van der Waals surface area contributed by atoms with Crippen molar-refractivity contribution in [2.45, 2.75) is 58.4 Å². The van der Waals surface area contributed by atoms with Gasteiger partial charge in [0.05, 0.1) is 6.10 Å². The minimum absolute atomic E-state index is 0.150. The fraction of sp³-hybridized carbons (Fsp3) is 0.520. The molecular formula is C25H36N2O2. The van der Waals surface area contributed by atoms with Crippen LogP contribution in [0.3, 0.4) is 0 Å². The molecule has 0 spiro atoms. The van der Waals surface area contributed by atoms with E-state index in [1.165, 1.54) is 31.2 Å². The van der Waals surface area contributed by atoms with Crippen molar-refractivity contribution in [3.63, 3.8) is 0 Å². The average Bonchev–Trinajstić information content (AvgIpc) is 3.13. The highest BCUT2D eigenvalue weighted by atomic mass is 16.5. The lowest BCUT2D eigenvalue weighted by atomic mass is 10.1. The Labute approximate surface area is 176 Å². The molecule has 1 N–H and O–H groups in total. The molecule has 1 fully saturated rings. The van der Waals surface area contributed by atoms with Crippen molar-refractivity contribution in [3.05, 3.63) is 65.7 Å². The third kappa shape index (κ3) is 6.30. The zero-order valence-corrected chi connectivity index (χ0v) is 18.0. The number of unbranched alkanes of at least 4 members (excludes halogenated alkanes) is 2. The molecule has 1 heterocycles. The van der Waals surface area contributed by atoms with Crippen molar-refractivity contribution < 1.29 is 9.84 Å². The maximum absolute atomic E-state index is 10.4. The second kappa shape index (κ2) is 11.3. The van der Waals surface area contributed by atoms with Gasteiger partial charge < -0.3 is 14.7 Å². The van der Waals surface area contributed by atoms with E-state index in [0.717, 1.165) is 38.3 Å². The Morgan fingerprint density at radius 2 is 1.62 bits per heavy atom. The monoisotopic (exact) mass is 396 g/mol. The number of phenols is 1. The van der Waals surface area contributed by atoms with E-state index < -0.39 is 0 Å². The van der Waals surface area contributed by atoms with E-state index in [1.807, 2.05) is 24.3 Å². The van der Waals surface area contributed by atoms with Gasteiger partial charge in [0, 0.05) is 25.2 Å². The summed E-state index contributed by atoms with van der Waals surface area (Å²) < 4.78 is 6.53. The first-order valence-corrected chi connectivity index (χ1v) is 11.1. The van der Waals surface area contributed by atoms with Crippen molar-refractivity contribution >= 4 is 0 Å². The molecule has 1 aliphatic rings. The van der Waals surface area contributed by atoms with E-state index in [1.54, 1.807) is 6.07 Å². The molecule has 0 aromatic heterocycles. The summed E-state index contributed by atoms with van der Waals surface area (Å²) in [5.41, 5.74) is 2.13. The summed E-state index contributed by atoms with van der Waals surface area (Å²) in [6.07, 6.45) is 4.83. The van der Waals surface area contributed by atoms with Crippen molar-refractivity contribution in [1.82, 2.24) is 9.80 Å². The molecule has 3 rings (SSSR count). The van der Waals surface area contributed by atoms with Gasteiger partial charge in [-0.05, 0) is 37.6 Å². The van der Waals surface area contributed by atoms with Crippen molar-refractivity contribution in [1.29, 1.82) is 0 Å². The van der Waals surface area contributed by atoms with Crippen LogP contribution < -0.4 is 0 Å². The molecule has 29 heavy (non-hydrogen) atoms. The summed E-state index contributed by atoms with van der Waals surface area (Å²) in [6.45, 7) is 9.42. The fourth-order valence-corrected chi connectivity index (χ4v) is 4.05. The summed E-state index contributed by atoms with van der Waals surface area (Å²) in [5.74, 6) is 0.310. The van der Waals surface area contributed by atoms with Crippen LogP contribution in [0.2, 0.25) is 0 Å². The maximum atomic E-state index is 10.4. The third-order valence-electron chi connectivity index (χ3n) is 5.64. The van der Waals surface area contributed by atoms with Crippen molar-refractivity contribution in [2.75, 3.05) is 26.2 Å². The number of hydrogen-bond acceptors (Lipinski definition) is 4. The van der Waals surface area contributed by atoms with Crippen LogP contribution in [0.15, 0.2) is 54.6 Å². The Balaban J connectivity index is 1.73. The molecule has 0 amide bonds. The molecule has 0 bridgehead atoms. The van der Waals surface area contributed by atoms with Gasteiger partial charge in [-0.3, -0.25) is 4.90 Å². The lowest BCUT2D eigenvalue weighted by Crippen LogP contribution is -2.36.